The highest BCUT2D eigenvalue weighted by molar-refractivity contribution is 7.16. The van der Waals surface area contributed by atoms with Crippen LogP contribution in [0.3, 0.4) is 0 Å². The van der Waals surface area contributed by atoms with Gasteiger partial charge in [-0.2, -0.15) is 0 Å². The molecule has 6 heteroatoms. The lowest BCUT2D eigenvalue weighted by molar-refractivity contribution is -0.385. The molecule has 2 rings (SSSR count). The van der Waals surface area contributed by atoms with Gasteiger partial charge in [0.1, 0.15) is 6.10 Å². The van der Waals surface area contributed by atoms with Gasteiger partial charge < -0.3 is 4.74 Å². The Labute approximate surface area is 122 Å². The fourth-order valence-electron chi connectivity index (χ4n) is 2.62. The number of thiophene rings is 1. The van der Waals surface area contributed by atoms with Crippen molar-refractivity contribution in [1.29, 1.82) is 0 Å². The molecule has 1 fully saturated rings. The van der Waals surface area contributed by atoms with Gasteiger partial charge in [-0.25, -0.2) is 0 Å². The molecule has 1 aliphatic rings. The van der Waals surface area contributed by atoms with Crippen LogP contribution in [0.15, 0.2) is 6.07 Å². The molecule has 2 atom stereocenters. The molecule has 5 nitrogen and oxygen atoms in total. The van der Waals surface area contributed by atoms with Crippen LogP contribution >= 0.6 is 11.3 Å². The number of ether oxygens (including phenoxy) is 1. The summed E-state index contributed by atoms with van der Waals surface area (Å²) in [5, 5.41) is 11.3. The van der Waals surface area contributed by atoms with Gasteiger partial charge in [0.05, 0.1) is 9.80 Å². The largest absolute Gasteiger partial charge is 0.476 e. The van der Waals surface area contributed by atoms with Gasteiger partial charge >= 0.3 is 5.69 Å². The SMILES string of the molecule is CCC1CCCC(Oc2sc(C(C)=O)cc2[N+](=O)[O-])C1. The zero-order valence-electron chi connectivity index (χ0n) is 11.8. The summed E-state index contributed by atoms with van der Waals surface area (Å²) in [5.41, 5.74) is -0.0844. The lowest BCUT2D eigenvalue weighted by Gasteiger charge is -2.28. The van der Waals surface area contributed by atoms with Crippen molar-refractivity contribution in [2.45, 2.75) is 52.1 Å². The smallest absolute Gasteiger partial charge is 0.323 e. The molecule has 1 aromatic heterocycles. The standard InChI is InChI=1S/C14H19NO4S/c1-3-10-5-4-6-11(7-10)19-14-12(15(17)18)8-13(20-14)9(2)16/h8,10-11H,3-7H2,1-2H3. The first kappa shape index (κ1) is 15.0. The van der Waals surface area contributed by atoms with Gasteiger partial charge in [0, 0.05) is 6.07 Å². The molecule has 20 heavy (non-hydrogen) atoms. The van der Waals surface area contributed by atoms with E-state index in [1.807, 2.05) is 0 Å². The Morgan fingerprint density at radius 2 is 2.30 bits per heavy atom. The second-order valence-electron chi connectivity index (χ2n) is 5.28. The second-order valence-corrected chi connectivity index (χ2v) is 6.29. The average molecular weight is 297 g/mol. The number of nitrogens with zero attached hydrogens (tertiary/aromatic N) is 1. The van der Waals surface area contributed by atoms with E-state index in [1.165, 1.54) is 19.4 Å². The topological polar surface area (TPSA) is 69.4 Å². The van der Waals surface area contributed by atoms with Crippen LogP contribution in [-0.2, 0) is 0 Å². The average Bonchev–Trinajstić information content (AvgIpc) is 2.83. The third kappa shape index (κ3) is 3.36. The first-order valence-corrected chi connectivity index (χ1v) is 7.78. The summed E-state index contributed by atoms with van der Waals surface area (Å²) >= 11 is 1.08. The van der Waals surface area contributed by atoms with E-state index in [1.54, 1.807) is 0 Å². The van der Waals surface area contributed by atoms with E-state index in [4.69, 9.17) is 4.74 Å². The Hall–Kier alpha value is -1.43. The Kier molecular flexibility index (Phi) is 4.75. The van der Waals surface area contributed by atoms with Gasteiger partial charge in [-0.05, 0) is 32.1 Å². The fourth-order valence-corrected chi connectivity index (χ4v) is 3.56. The number of hydrogen-bond donors (Lipinski definition) is 0. The first-order valence-electron chi connectivity index (χ1n) is 6.97. The normalized spacial score (nSPS) is 22.5. The molecule has 0 spiro atoms. The molecular formula is C14H19NO4S. The van der Waals surface area contributed by atoms with Gasteiger partial charge in [-0.1, -0.05) is 31.1 Å². The molecule has 0 N–H and O–H groups in total. The molecule has 0 aromatic carbocycles. The Morgan fingerprint density at radius 1 is 1.55 bits per heavy atom. The number of ketones is 1. The maximum absolute atomic E-state index is 11.4. The van der Waals surface area contributed by atoms with E-state index in [-0.39, 0.29) is 22.6 Å². The van der Waals surface area contributed by atoms with Crippen LogP contribution in [0.4, 0.5) is 5.69 Å². The van der Waals surface area contributed by atoms with Crippen molar-refractivity contribution in [3.8, 4) is 5.06 Å². The van der Waals surface area contributed by atoms with E-state index >= 15 is 0 Å². The third-order valence-corrected chi connectivity index (χ3v) is 4.93. The van der Waals surface area contributed by atoms with Crippen molar-refractivity contribution in [3.05, 3.63) is 21.1 Å². The summed E-state index contributed by atoms with van der Waals surface area (Å²) in [5.74, 6) is 0.475. The monoisotopic (exact) mass is 297 g/mol. The van der Waals surface area contributed by atoms with Crippen LogP contribution in [0.5, 0.6) is 5.06 Å². The van der Waals surface area contributed by atoms with Crippen LogP contribution in [0.2, 0.25) is 0 Å². The molecule has 110 valence electrons. The minimum atomic E-state index is -0.474. The first-order chi connectivity index (χ1) is 9.51. The van der Waals surface area contributed by atoms with Crippen molar-refractivity contribution < 1.29 is 14.5 Å². The van der Waals surface area contributed by atoms with Crippen LogP contribution in [0.25, 0.3) is 0 Å². The molecule has 0 amide bonds. The van der Waals surface area contributed by atoms with E-state index in [9.17, 15) is 14.9 Å². The third-order valence-electron chi connectivity index (χ3n) is 3.81. The fraction of sp³-hybridized carbons (Fsp3) is 0.643. The minimum absolute atomic E-state index is 0.0332. The Balaban J connectivity index is 2.15. The van der Waals surface area contributed by atoms with Crippen LogP contribution < -0.4 is 4.74 Å². The Bertz CT molecular complexity index is 511. The molecule has 1 saturated carbocycles. The number of rotatable bonds is 5. The summed E-state index contributed by atoms with van der Waals surface area (Å²) in [6.45, 7) is 3.57. The van der Waals surface area contributed by atoms with Crippen molar-refractivity contribution in [3.63, 3.8) is 0 Å². The number of nitro groups is 1. The predicted octanol–water partition coefficient (Wildman–Crippen LogP) is 4.21. The summed E-state index contributed by atoms with van der Waals surface area (Å²) in [6.07, 6.45) is 5.34. The van der Waals surface area contributed by atoms with Crippen molar-refractivity contribution in [1.82, 2.24) is 0 Å². The van der Waals surface area contributed by atoms with Gasteiger partial charge in [0.25, 0.3) is 5.06 Å². The number of hydrogen-bond acceptors (Lipinski definition) is 5. The molecule has 0 aliphatic heterocycles. The summed E-state index contributed by atoms with van der Waals surface area (Å²) in [7, 11) is 0. The molecular weight excluding hydrogens is 278 g/mol. The molecule has 2 unspecified atom stereocenters. The lowest BCUT2D eigenvalue weighted by atomic mass is 9.85. The molecule has 1 aromatic rings. The summed E-state index contributed by atoms with van der Waals surface area (Å²) < 4.78 is 5.84. The van der Waals surface area contributed by atoms with Crippen LogP contribution in [-0.4, -0.2) is 16.8 Å². The minimum Gasteiger partial charge on any atom is -0.476 e. The van der Waals surface area contributed by atoms with E-state index in [0.717, 1.165) is 37.0 Å². The molecule has 1 heterocycles. The van der Waals surface area contributed by atoms with Gasteiger partial charge in [0.2, 0.25) is 0 Å². The zero-order chi connectivity index (χ0) is 14.7. The number of carbonyl (C=O) groups excluding carboxylic acids is 1. The maximum atomic E-state index is 11.4. The molecule has 0 radical (unpaired) electrons. The highest BCUT2D eigenvalue weighted by atomic mass is 32.1. The maximum Gasteiger partial charge on any atom is 0.323 e. The predicted molar refractivity (Wildman–Crippen MR) is 77.6 cm³/mol. The molecule has 0 bridgehead atoms. The summed E-state index contributed by atoms with van der Waals surface area (Å²) in [6, 6.07) is 1.32. The van der Waals surface area contributed by atoms with Crippen molar-refractivity contribution in [2.75, 3.05) is 0 Å². The van der Waals surface area contributed by atoms with Crippen molar-refractivity contribution >= 4 is 22.8 Å². The Morgan fingerprint density at radius 3 is 2.90 bits per heavy atom. The number of Topliss-reactive ketones (excluding diaryl/α,β-unsaturated/α-hetero) is 1. The molecule has 0 saturated heterocycles. The summed E-state index contributed by atoms with van der Waals surface area (Å²) in [4.78, 5) is 22.3. The highest BCUT2D eigenvalue weighted by Crippen LogP contribution is 2.40. The van der Waals surface area contributed by atoms with Gasteiger partial charge in [-0.3, -0.25) is 14.9 Å². The van der Waals surface area contributed by atoms with Crippen LogP contribution in [0.1, 0.15) is 55.6 Å². The van der Waals surface area contributed by atoms with Crippen molar-refractivity contribution in [2.24, 2.45) is 5.92 Å². The second kappa shape index (κ2) is 6.35. The number of carbonyl (C=O) groups is 1. The van der Waals surface area contributed by atoms with E-state index < -0.39 is 4.92 Å². The van der Waals surface area contributed by atoms with Crippen LogP contribution in [0, 0.1) is 16.0 Å². The van der Waals surface area contributed by atoms with E-state index in [2.05, 4.69) is 6.92 Å². The quantitative estimate of drug-likeness (QED) is 0.464. The highest BCUT2D eigenvalue weighted by Gasteiger charge is 2.28. The van der Waals surface area contributed by atoms with Gasteiger partial charge in [-0.15, -0.1) is 0 Å². The van der Waals surface area contributed by atoms with Gasteiger partial charge in [0.15, 0.2) is 5.78 Å². The molecule has 1 aliphatic carbocycles. The van der Waals surface area contributed by atoms with E-state index in [0.29, 0.717) is 10.8 Å². The lowest BCUT2D eigenvalue weighted by Crippen LogP contribution is -2.25. The zero-order valence-corrected chi connectivity index (χ0v) is 12.6.